The highest BCUT2D eigenvalue weighted by Gasteiger charge is 2.34. The molecule has 0 bridgehead atoms. The number of nitrogens with zero attached hydrogens (tertiary/aromatic N) is 1. The number of benzene rings is 3. The van der Waals surface area contributed by atoms with Gasteiger partial charge in [-0.2, -0.15) is 0 Å². The van der Waals surface area contributed by atoms with E-state index in [9.17, 15) is 9.59 Å². The van der Waals surface area contributed by atoms with Gasteiger partial charge in [0.1, 0.15) is 6.61 Å². The molecular formula is C27H24BrNO4S. The predicted molar refractivity (Wildman–Crippen MR) is 139 cm³/mol. The number of halogens is 1. The van der Waals surface area contributed by atoms with Gasteiger partial charge < -0.3 is 9.47 Å². The lowest BCUT2D eigenvalue weighted by molar-refractivity contribution is -0.122. The quantitative estimate of drug-likeness (QED) is 0.302. The fourth-order valence-electron chi connectivity index (χ4n) is 3.53. The van der Waals surface area contributed by atoms with Crippen molar-refractivity contribution in [1.29, 1.82) is 0 Å². The zero-order valence-corrected chi connectivity index (χ0v) is 21.3. The summed E-state index contributed by atoms with van der Waals surface area (Å²) in [6.45, 7) is 2.79. The summed E-state index contributed by atoms with van der Waals surface area (Å²) in [5, 5.41) is -0.253. The molecule has 1 saturated heterocycles. The molecule has 3 aromatic rings. The molecule has 0 aliphatic carbocycles. The summed E-state index contributed by atoms with van der Waals surface area (Å²) in [6.07, 6.45) is 2.34. The molecule has 1 aliphatic heterocycles. The molecule has 0 aromatic heterocycles. The summed E-state index contributed by atoms with van der Waals surface area (Å²) in [5.41, 5.74) is 4.06. The molecule has 3 aromatic carbocycles. The van der Waals surface area contributed by atoms with Gasteiger partial charge in [-0.05, 0) is 75.9 Å². The van der Waals surface area contributed by atoms with Crippen molar-refractivity contribution in [3.63, 3.8) is 0 Å². The van der Waals surface area contributed by atoms with Crippen molar-refractivity contribution in [2.24, 2.45) is 0 Å². The third-order valence-corrected chi connectivity index (χ3v) is 6.89. The number of imide groups is 1. The van der Waals surface area contributed by atoms with E-state index in [4.69, 9.17) is 9.47 Å². The van der Waals surface area contributed by atoms with Crippen LogP contribution in [-0.2, 0) is 17.8 Å². The van der Waals surface area contributed by atoms with E-state index in [0.717, 1.165) is 28.5 Å². The molecule has 174 valence electrons. The second kappa shape index (κ2) is 10.9. The van der Waals surface area contributed by atoms with Gasteiger partial charge in [0.05, 0.1) is 16.5 Å². The lowest BCUT2D eigenvalue weighted by Crippen LogP contribution is -2.30. The number of carbonyl (C=O) groups is 2. The van der Waals surface area contributed by atoms with E-state index in [0.29, 0.717) is 40.4 Å². The molecule has 1 fully saturated rings. The van der Waals surface area contributed by atoms with Gasteiger partial charge in [0.15, 0.2) is 11.5 Å². The highest BCUT2D eigenvalue weighted by molar-refractivity contribution is 9.10. The Morgan fingerprint density at radius 1 is 1.00 bits per heavy atom. The lowest BCUT2D eigenvalue weighted by atomic mass is 10.1. The minimum absolute atomic E-state index is 0.253. The standard InChI is InChI=1S/C27H24BrNO4S/c1-18-8-10-20(11-9-18)17-33-25-22(28)14-21(15-23(25)32-2)16-24-26(30)29(27(31)34-24)13-12-19-6-4-3-5-7-19/h3-11,14-16H,12-13,17H2,1-2H3/b24-16-. The van der Waals surface area contributed by atoms with Crippen molar-refractivity contribution in [2.45, 2.75) is 20.0 Å². The molecule has 0 radical (unpaired) electrons. The third-order valence-electron chi connectivity index (χ3n) is 5.39. The number of thioether (sulfide) groups is 1. The zero-order chi connectivity index (χ0) is 24.1. The van der Waals surface area contributed by atoms with Crippen LogP contribution in [0, 0.1) is 6.92 Å². The van der Waals surface area contributed by atoms with Gasteiger partial charge >= 0.3 is 0 Å². The Balaban J connectivity index is 1.48. The van der Waals surface area contributed by atoms with E-state index in [1.165, 1.54) is 10.5 Å². The summed E-state index contributed by atoms with van der Waals surface area (Å²) in [5.74, 6) is 0.841. The highest BCUT2D eigenvalue weighted by Crippen LogP contribution is 2.39. The van der Waals surface area contributed by atoms with Gasteiger partial charge in [0.2, 0.25) is 0 Å². The molecular weight excluding hydrogens is 514 g/mol. The maximum Gasteiger partial charge on any atom is 0.293 e. The Labute approximate surface area is 211 Å². The monoisotopic (exact) mass is 537 g/mol. The first kappa shape index (κ1) is 24.1. The van der Waals surface area contributed by atoms with Gasteiger partial charge in [-0.3, -0.25) is 14.5 Å². The molecule has 0 spiro atoms. The van der Waals surface area contributed by atoms with Crippen LogP contribution in [0.15, 0.2) is 76.1 Å². The topological polar surface area (TPSA) is 55.8 Å². The van der Waals surface area contributed by atoms with E-state index in [1.807, 2.05) is 67.6 Å². The normalized spacial score (nSPS) is 14.7. The van der Waals surface area contributed by atoms with E-state index in [2.05, 4.69) is 15.9 Å². The fraction of sp³-hybridized carbons (Fsp3) is 0.185. The molecule has 0 unspecified atom stereocenters. The Hall–Kier alpha value is -3.03. The first-order chi connectivity index (χ1) is 16.4. The predicted octanol–water partition coefficient (Wildman–Crippen LogP) is 6.62. The molecule has 0 atom stereocenters. The average Bonchev–Trinajstić information content (AvgIpc) is 3.10. The van der Waals surface area contributed by atoms with E-state index < -0.39 is 0 Å². The molecule has 0 N–H and O–H groups in total. The van der Waals surface area contributed by atoms with E-state index in [-0.39, 0.29) is 11.1 Å². The van der Waals surface area contributed by atoms with Gasteiger partial charge in [-0.15, -0.1) is 0 Å². The van der Waals surface area contributed by atoms with Crippen molar-refractivity contribution in [3.05, 3.63) is 98.4 Å². The van der Waals surface area contributed by atoms with Crippen molar-refractivity contribution in [2.75, 3.05) is 13.7 Å². The molecule has 1 aliphatic rings. The van der Waals surface area contributed by atoms with Crippen LogP contribution in [0.5, 0.6) is 11.5 Å². The molecule has 5 nitrogen and oxygen atoms in total. The Bertz CT molecular complexity index is 1230. The Kier molecular flexibility index (Phi) is 7.75. The van der Waals surface area contributed by atoms with E-state index >= 15 is 0 Å². The first-order valence-electron chi connectivity index (χ1n) is 10.8. The second-order valence-corrected chi connectivity index (χ2v) is 9.72. The van der Waals surface area contributed by atoms with Crippen LogP contribution < -0.4 is 9.47 Å². The summed E-state index contributed by atoms with van der Waals surface area (Å²) < 4.78 is 12.3. The number of ether oxygens (including phenoxy) is 2. The number of carbonyl (C=O) groups excluding carboxylic acids is 2. The van der Waals surface area contributed by atoms with Gasteiger partial charge in [0, 0.05) is 6.54 Å². The maximum absolute atomic E-state index is 12.9. The molecule has 34 heavy (non-hydrogen) atoms. The smallest absolute Gasteiger partial charge is 0.293 e. The summed E-state index contributed by atoms with van der Waals surface area (Å²) in [6, 6.07) is 21.6. The molecule has 4 rings (SSSR count). The largest absolute Gasteiger partial charge is 0.493 e. The van der Waals surface area contributed by atoms with Crippen LogP contribution in [0.3, 0.4) is 0 Å². The van der Waals surface area contributed by atoms with Crippen LogP contribution in [0.1, 0.15) is 22.3 Å². The maximum atomic E-state index is 12.9. The van der Waals surface area contributed by atoms with Crippen molar-refractivity contribution in [3.8, 4) is 11.5 Å². The van der Waals surface area contributed by atoms with Crippen LogP contribution in [0.25, 0.3) is 6.08 Å². The SMILES string of the molecule is COc1cc(/C=C2\SC(=O)N(CCc3ccccc3)C2=O)cc(Br)c1OCc1ccc(C)cc1. The number of rotatable bonds is 8. The second-order valence-electron chi connectivity index (χ2n) is 7.88. The number of amides is 2. The van der Waals surface area contributed by atoms with Gasteiger partial charge in [-0.25, -0.2) is 0 Å². The first-order valence-corrected chi connectivity index (χ1v) is 12.4. The average molecular weight is 538 g/mol. The van der Waals surface area contributed by atoms with Crippen LogP contribution in [0.2, 0.25) is 0 Å². The molecule has 7 heteroatoms. The number of aryl methyl sites for hydroxylation is 1. The summed E-state index contributed by atoms with van der Waals surface area (Å²) >= 11 is 4.51. The molecule has 1 heterocycles. The van der Waals surface area contributed by atoms with Crippen LogP contribution >= 0.6 is 27.7 Å². The number of hydrogen-bond donors (Lipinski definition) is 0. The minimum atomic E-state index is -0.277. The number of methoxy groups -OCH3 is 1. The Morgan fingerprint density at radius 3 is 2.44 bits per heavy atom. The van der Waals surface area contributed by atoms with Crippen molar-refractivity contribution in [1.82, 2.24) is 4.90 Å². The van der Waals surface area contributed by atoms with Crippen LogP contribution in [-0.4, -0.2) is 29.7 Å². The van der Waals surface area contributed by atoms with Gasteiger partial charge in [0.25, 0.3) is 11.1 Å². The van der Waals surface area contributed by atoms with Gasteiger partial charge in [-0.1, -0.05) is 60.2 Å². The highest BCUT2D eigenvalue weighted by atomic mass is 79.9. The number of hydrogen-bond acceptors (Lipinski definition) is 5. The summed E-state index contributed by atoms with van der Waals surface area (Å²) in [7, 11) is 1.57. The third kappa shape index (κ3) is 5.72. The van der Waals surface area contributed by atoms with E-state index in [1.54, 1.807) is 19.3 Å². The molecule has 2 amide bonds. The lowest BCUT2D eigenvalue weighted by Gasteiger charge is -2.14. The minimum Gasteiger partial charge on any atom is -0.493 e. The molecule has 0 saturated carbocycles. The van der Waals surface area contributed by atoms with Crippen molar-refractivity contribution < 1.29 is 19.1 Å². The Morgan fingerprint density at radius 2 is 1.74 bits per heavy atom. The fourth-order valence-corrected chi connectivity index (χ4v) is 4.97. The van der Waals surface area contributed by atoms with Crippen LogP contribution in [0.4, 0.5) is 4.79 Å². The van der Waals surface area contributed by atoms with Crippen molar-refractivity contribution >= 4 is 44.9 Å². The zero-order valence-electron chi connectivity index (χ0n) is 18.9. The summed E-state index contributed by atoms with van der Waals surface area (Å²) in [4.78, 5) is 27.0.